The fourth-order valence-corrected chi connectivity index (χ4v) is 0. The summed E-state index contributed by atoms with van der Waals surface area (Å²) >= 11 is 0. The fraction of sp³-hybridized carbons (Fsp3) is 0.750. The molecule has 0 aliphatic rings. The van der Waals surface area contributed by atoms with Crippen LogP contribution in [-0.2, 0) is 19.5 Å². The van der Waals surface area contributed by atoms with Crippen molar-refractivity contribution in [1.29, 1.82) is 0 Å². The van der Waals surface area contributed by atoms with Gasteiger partial charge in [0, 0.05) is 0 Å². The van der Waals surface area contributed by atoms with E-state index in [1.807, 2.05) is 0 Å². The topological polar surface area (TPSA) is 0 Å². The van der Waals surface area contributed by atoms with Gasteiger partial charge in [-0.1, -0.05) is 33.0 Å². The first-order chi connectivity index (χ1) is 3.91. The van der Waals surface area contributed by atoms with E-state index in [-0.39, 0.29) is 19.5 Å². The van der Waals surface area contributed by atoms with Gasteiger partial charge in [0.25, 0.3) is 0 Å². The molecule has 0 N–H and O–H groups in total. The van der Waals surface area contributed by atoms with Gasteiger partial charge in [-0.25, -0.2) is 0 Å². The van der Waals surface area contributed by atoms with E-state index in [0.29, 0.717) is 0 Å². The van der Waals surface area contributed by atoms with E-state index in [9.17, 15) is 0 Å². The van der Waals surface area contributed by atoms with Gasteiger partial charge in [-0.15, -0.1) is 8.07 Å². The van der Waals surface area contributed by atoms with Gasteiger partial charge >= 0.3 is 19.5 Å². The molecule has 58 valence electrons. The van der Waals surface area contributed by atoms with Gasteiger partial charge < -0.3 is 13.5 Å². The zero-order chi connectivity index (χ0) is 7.91. The van der Waals surface area contributed by atoms with Crippen molar-refractivity contribution in [3.63, 3.8) is 0 Å². The molecule has 0 rings (SSSR count). The van der Waals surface area contributed by atoms with Crippen molar-refractivity contribution in [3.8, 4) is 0 Å². The smallest absolute Gasteiger partial charge is 0.343 e. The minimum Gasteiger partial charge on any atom is -0.343 e. The van der Waals surface area contributed by atoms with E-state index in [1.165, 1.54) is 6.42 Å². The van der Waals surface area contributed by atoms with Crippen LogP contribution in [0, 0.1) is 13.5 Å². The average molecular weight is 210 g/mol. The molecule has 0 aromatic rings. The maximum atomic E-state index is 3.91. The van der Waals surface area contributed by atoms with Crippen LogP contribution < -0.4 is 0 Å². The summed E-state index contributed by atoms with van der Waals surface area (Å²) in [4.78, 5) is 0. The van der Waals surface area contributed by atoms with E-state index in [1.54, 1.807) is 0 Å². The van der Waals surface area contributed by atoms with E-state index in [4.69, 9.17) is 0 Å². The van der Waals surface area contributed by atoms with E-state index in [0.717, 1.165) is 6.42 Å². The van der Waals surface area contributed by atoms with E-state index < -0.39 is 8.07 Å². The molecule has 0 amide bonds. The zero-order valence-corrected chi connectivity index (χ0v) is 12.0. The van der Waals surface area contributed by atoms with Crippen LogP contribution in [0.1, 0.15) is 19.8 Å². The van der Waals surface area contributed by atoms with Crippen LogP contribution >= 0.6 is 0 Å². The average Bonchev–Trinajstić information content (AvgIpc) is 1.61. The number of unbranched alkanes of at least 4 members (excludes halogenated alkanes) is 1. The quantitative estimate of drug-likeness (QED) is 0.459. The summed E-state index contributed by atoms with van der Waals surface area (Å²) in [6.07, 6.45) is 2.28. The van der Waals surface area contributed by atoms with Gasteiger partial charge in [0.15, 0.2) is 0 Å². The van der Waals surface area contributed by atoms with Crippen molar-refractivity contribution < 1.29 is 19.5 Å². The summed E-state index contributed by atoms with van der Waals surface area (Å²) in [6, 6.07) is 0. The fourth-order valence-electron chi connectivity index (χ4n) is 0. The van der Waals surface area contributed by atoms with Gasteiger partial charge in [0.2, 0.25) is 0 Å². The first kappa shape index (κ1) is 17.1. The molecule has 0 fully saturated rings. The van der Waals surface area contributed by atoms with Crippen molar-refractivity contribution in [2.75, 3.05) is 0 Å². The second-order valence-electron chi connectivity index (χ2n) is 3.41. The molecule has 0 atom stereocenters. The Morgan fingerprint density at radius 2 is 1.30 bits per heavy atom. The molecule has 0 spiro atoms. The minimum absolute atomic E-state index is 0. The van der Waals surface area contributed by atoms with Crippen LogP contribution in [-0.4, -0.2) is 8.07 Å². The standard InChI is InChI=1S/C4H11Si.C4H9.Zn/c1-5(2,3)4;1-3-4-2;/h1H2,2-4H3;1,3-4H2,2H3;/q2*-1;+2. The van der Waals surface area contributed by atoms with Crippen molar-refractivity contribution in [3.05, 3.63) is 13.5 Å². The molecule has 0 aliphatic heterocycles. The van der Waals surface area contributed by atoms with Crippen LogP contribution in [0.25, 0.3) is 0 Å². The Balaban J connectivity index is -0.0000000910. The Morgan fingerprint density at radius 3 is 1.30 bits per heavy atom. The monoisotopic (exact) mass is 208 g/mol. The summed E-state index contributed by atoms with van der Waals surface area (Å²) < 4.78 is 0. The van der Waals surface area contributed by atoms with Gasteiger partial charge in [0.1, 0.15) is 0 Å². The van der Waals surface area contributed by atoms with Crippen molar-refractivity contribution in [2.45, 2.75) is 39.4 Å². The second-order valence-corrected chi connectivity index (χ2v) is 8.54. The Labute approximate surface area is 80.6 Å². The third-order valence-electron chi connectivity index (χ3n) is 0.354. The zero-order valence-electron chi connectivity index (χ0n) is 8.04. The summed E-state index contributed by atoms with van der Waals surface area (Å²) in [7, 11) is -0.861. The van der Waals surface area contributed by atoms with Crippen LogP contribution in [0.3, 0.4) is 0 Å². The maximum Gasteiger partial charge on any atom is 2.00 e. The summed E-state index contributed by atoms with van der Waals surface area (Å²) in [6.45, 7) is 16.3. The summed E-state index contributed by atoms with van der Waals surface area (Å²) in [5, 5.41) is 0. The Kier molecular flexibility index (Phi) is 16.8. The molecule has 0 heterocycles. The molecule has 0 radical (unpaired) electrons. The van der Waals surface area contributed by atoms with Crippen LogP contribution in [0.4, 0.5) is 0 Å². The molecule has 0 aromatic heterocycles. The molecule has 10 heavy (non-hydrogen) atoms. The van der Waals surface area contributed by atoms with Crippen LogP contribution in [0.15, 0.2) is 0 Å². The van der Waals surface area contributed by atoms with Gasteiger partial charge in [-0.05, 0) is 0 Å². The Morgan fingerprint density at radius 1 is 1.20 bits per heavy atom. The third-order valence-corrected chi connectivity index (χ3v) is 0.354. The van der Waals surface area contributed by atoms with Gasteiger partial charge in [-0.2, -0.15) is 6.42 Å². The summed E-state index contributed by atoms with van der Waals surface area (Å²) in [5.74, 6) is 0. The molecular weight excluding hydrogens is 190 g/mol. The first-order valence-electron chi connectivity index (χ1n) is 3.56. The van der Waals surface area contributed by atoms with Gasteiger partial charge in [-0.3, -0.25) is 0 Å². The number of rotatable bonds is 1. The summed E-state index contributed by atoms with van der Waals surface area (Å²) in [5.41, 5.74) is 0. The van der Waals surface area contributed by atoms with Crippen molar-refractivity contribution in [1.82, 2.24) is 0 Å². The van der Waals surface area contributed by atoms with E-state index in [2.05, 4.69) is 40.0 Å². The van der Waals surface area contributed by atoms with Crippen molar-refractivity contribution in [2.24, 2.45) is 0 Å². The molecule has 0 bridgehead atoms. The third kappa shape index (κ3) is 160. The normalized spacial score (nSPS) is 9.00. The minimum atomic E-state index is -0.861. The molecule has 0 saturated heterocycles. The van der Waals surface area contributed by atoms with Crippen LogP contribution in [0.5, 0.6) is 0 Å². The largest absolute Gasteiger partial charge is 2.00 e. The van der Waals surface area contributed by atoms with Gasteiger partial charge in [0.05, 0.1) is 0 Å². The molecule has 0 nitrogen and oxygen atoms in total. The SMILES string of the molecule is [CH2-]CCC.[CH2-][Si](C)(C)C.[Zn+2]. The molecule has 0 unspecified atom stereocenters. The number of hydrogen-bond acceptors (Lipinski definition) is 0. The molecule has 2 heteroatoms. The Hall–Kier alpha value is 0.840. The van der Waals surface area contributed by atoms with Crippen LogP contribution in [0.2, 0.25) is 19.6 Å². The number of hydrogen-bond donors (Lipinski definition) is 0. The predicted octanol–water partition coefficient (Wildman–Crippen LogP) is 3.32. The second kappa shape index (κ2) is 9.84. The van der Waals surface area contributed by atoms with E-state index >= 15 is 0 Å². The molecule has 0 saturated carbocycles. The molecular formula is C8H20SiZn. The predicted molar refractivity (Wildman–Crippen MR) is 49.0 cm³/mol. The first-order valence-corrected chi connectivity index (χ1v) is 7.27. The Bertz CT molecular complexity index is 39.7. The van der Waals surface area contributed by atoms with Crippen molar-refractivity contribution >= 4 is 8.07 Å². The maximum absolute atomic E-state index is 3.91. The molecule has 0 aromatic carbocycles. The molecule has 0 aliphatic carbocycles.